The molecule has 0 aliphatic carbocycles. The van der Waals surface area contributed by atoms with E-state index in [1.165, 1.54) is 5.56 Å². The molecule has 0 saturated carbocycles. The first-order valence-corrected chi connectivity index (χ1v) is 6.70. The Kier molecular flexibility index (Phi) is 6.86. The van der Waals surface area contributed by atoms with Gasteiger partial charge >= 0.3 is 0 Å². The normalized spacial score (nSPS) is 12.9. The monoisotopic (exact) mass is 251 g/mol. The number of hydrogen-bond donors (Lipinski definition) is 2. The number of pyridine rings is 1. The molecule has 0 aliphatic rings. The van der Waals surface area contributed by atoms with Gasteiger partial charge in [-0.2, -0.15) is 0 Å². The fraction of sp³-hybridized carbons (Fsp3) is 0.643. The van der Waals surface area contributed by atoms with Gasteiger partial charge in [0.1, 0.15) is 0 Å². The summed E-state index contributed by atoms with van der Waals surface area (Å²) in [6, 6.07) is 1.96. The Morgan fingerprint density at radius 1 is 1.39 bits per heavy atom. The molecule has 0 saturated heterocycles. The Morgan fingerprint density at radius 3 is 2.67 bits per heavy atom. The molecule has 4 heteroatoms. The second kappa shape index (κ2) is 8.19. The van der Waals surface area contributed by atoms with Gasteiger partial charge in [0.05, 0.1) is 12.6 Å². The predicted octanol–water partition coefficient (Wildman–Crippen LogP) is 1.35. The van der Waals surface area contributed by atoms with Crippen LogP contribution in [0.25, 0.3) is 0 Å². The van der Waals surface area contributed by atoms with E-state index in [9.17, 15) is 5.11 Å². The molecule has 0 aliphatic heterocycles. The van der Waals surface area contributed by atoms with Crippen LogP contribution >= 0.6 is 0 Å². The summed E-state index contributed by atoms with van der Waals surface area (Å²) in [6.45, 7) is 10.5. The lowest BCUT2D eigenvalue weighted by Gasteiger charge is -2.22. The Balaban J connectivity index is 2.50. The molecule has 2 N–H and O–H groups in total. The van der Waals surface area contributed by atoms with E-state index in [0.717, 1.165) is 31.7 Å². The molecule has 0 amide bonds. The average Bonchev–Trinajstić information content (AvgIpc) is 2.40. The smallest absolute Gasteiger partial charge is 0.0627 e. The van der Waals surface area contributed by atoms with Gasteiger partial charge < -0.3 is 15.3 Å². The number of rotatable bonds is 8. The number of aliphatic hydroxyl groups is 1. The van der Waals surface area contributed by atoms with Crippen LogP contribution in [0.3, 0.4) is 0 Å². The van der Waals surface area contributed by atoms with Crippen LogP contribution in [-0.2, 0) is 0 Å². The molecule has 0 radical (unpaired) electrons. The molecule has 1 unspecified atom stereocenters. The summed E-state index contributed by atoms with van der Waals surface area (Å²) in [7, 11) is 0. The summed E-state index contributed by atoms with van der Waals surface area (Å²) >= 11 is 0. The van der Waals surface area contributed by atoms with E-state index in [4.69, 9.17) is 0 Å². The van der Waals surface area contributed by atoms with Gasteiger partial charge in [-0.05, 0) is 37.2 Å². The van der Waals surface area contributed by atoms with Gasteiger partial charge in [-0.3, -0.25) is 4.98 Å². The van der Waals surface area contributed by atoms with E-state index >= 15 is 0 Å². The van der Waals surface area contributed by atoms with E-state index < -0.39 is 0 Å². The van der Waals surface area contributed by atoms with E-state index in [2.05, 4.69) is 29.0 Å². The van der Waals surface area contributed by atoms with Crippen LogP contribution in [0.1, 0.15) is 31.0 Å². The van der Waals surface area contributed by atoms with Gasteiger partial charge in [-0.15, -0.1) is 0 Å². The molecule has 1 atom stereocenters. The predicted molar refractivity (Wildman–Crippen MR) is 74.6 cm³/mol. The first-order chi connectivity index (χ1) is 8.72. The summed E-state index contributed by atoms with van der Waals surface area (Å²) in [4.78, 5) is 6.49. The third kappa shape index (κ3) is 4.37. The second-order valence-corrected chi connectivity index (χ2v) is 4.45. The Morgan fingerprint density at radius 2 is 2.11 bits per heavy atom. The number of hydrogen-bond acceptors (Lipinski definition) is 4. The number of aryl methyl sites for hydroxylation is 1. The van der Waals surface area contributed by atoms with Gasteiger partial charge in [0, 0.05) is 25.5 Å². The Bertz CT molecular complexity index is 340. The maximum Gasteiger partial charge on any atom is 0.0627 e. The molecule has 0 aromatic carbocycles. The van der Waals surface area contributed by atoms with Crippen molar-refractivity contribution in [3.8, 4) is 0 Å². The highest BCUT2D eigenvalue weighted by Gasteiger charge is 2.12. The first kappa shape index (κ1) is 15.1. The lowest BCUT2D eigenvalue weighted by atomic mass is 10.0. The van der Waals surface area contributed by atoms with Crippen LogP contribution in [0.2, 0.25) is 0 Å². The van der Waals surface area contributed by atoms with Crippen LogP contribution in [0, 0.1) is 6.92 Å². The molecule has 0 spiro atoms. The number of nitrogens with one attached hydrogen (secondary N) is 1. The standard InChI is InChI=1S/C14H25N3O/c1-4-17(5-2)9-8-16-14(11-18)13-10-15-7-6-12(13)3/h6-7,10,14,16,18H,4-5,8-9,11H2,1-3H3. The maximum atomic E-state index is 9.48. The molecular weight excluding hydrogens is 226 g/mol. The number of aliphatic hydroxyl groups excluding tert-OH is 1. The van der Waals surface area contributed by atoms with Gasteiger partial charge in [0.2, 0.25) is 0 Å². The van der Waals surface area contributed by atoms with Crippen molar-refractivity contribution in [1.82, 2.24) is 15.2 Å². The minimum atomic E-state index is -0.0192. The van der Waals surface area contributed by atoms with Crippen molar-refractivity contribution in [2.24, 2.45) is 0 Å². The Hall–Kier alpha value is -0.970. The SMILES string of the molecule is CCN(CC)CCNC(CO)c1cnccc1C. The summed E-state index contributed by atoms with van der Waals surface area (Å²) in [6.07, 6.45) is 3.61. The molecular formula is C14H25N3O. The third-order valence-corrected chi connectivity index (χ3v) is 3.35. The maximum absolute atomic E-state index is 9.48. The zero-order valence-corrected chi connectivity index (χ0v) is 11.7. The van der Waals surface area contributed by atoms with E-state index in [1.807, 2.05) is 19.2 Å². The first-order valence-electron chi connectivity index (χ1n) is 6.70. The highest BCUT2D eigenvalue weighted by atomic mass is 16.3. The summed E-state index contributed by atoms with van der Waals surface area (Å²) in [5.41, 5.74) is 2.25. The Labute approximate surface area is 110 Å². The summed E-state index contributed by atoms with van der Waals surface area (Å²) in [5.74, 6) is 0. The second-order valence-electron chi connectivity index (χ2n) is 4.45. The minimum Gasteiger partial charge on any atom is -0.394 e. The molecule has 0 fully saturated rings. The zero-order valence-electron chi connectivity index (χ0n) is 11.7. The lowest BCUT2D eigenvalue weighted by Crippen LogP contribution is -2.35. The fourth-order valence-electron chi connectivity index (χ4n) is 2.05. The zero-order chi connectivity index (χ0) is 13.4. The van der Waals surface area contributed by atoms with Crippen molar-refractivity contribution in [1.29, 1.82) is 0 Å². The van der Waals surface area contributed by atoms with Crippen LogP contribution < -0.4 is 5.32 Å². The largest absolute Gasteiger partial charge is 0.394 e. The molecule has 4 nitrogen and oxygen atoms in total. The summed E-state index contributed by atoms with van der Waals surface area (Å²) < 4.78 is 0. The van der Waals surface area contributed by atoms with Gasteiger partial charge in [-0.1, -0.05) is 13.8 Å². The van der Waals surface area contributed by atoms with E-state index in [0.29, 0.717) is 0 Å². The molecule has 1 heterocycles. The quantitative estimate of drug-likeness (QED) is 0.732. The van der Waals surface area contributed by atoms with Crippen molar-refractivity contribution in [3.63, 3.8) is 0 Å². The van der Waals surface area contributed by atoms with Gasteiger partial charge in [0.15, 0.2) is 0 Å². The fourth-order valence-corrected chi connectivity index (χ4v) is 2.05. The lowest BCUT2D eigenvalue weighted by molar-refractivity contribution is 0.233. The topological polar surface area (TPSA) is 48.4 Å². The highest BCUT2D eigenvalue weighted by molar-refractivity contribution is 5.25. The third-order valence-electron chi connectivity index (χ3n) is 3.35. The molecule has 1 aromatic heterocycles. The number of nitrogens with zero attached hydrogens (tertiary/aromatic N) is 2. The molecule has 1 aromatic rings. The molecule has 0 bridgehead atoms. The van der Waals surface area contributed by atoms with E-state index in [-0.39, 0.29) is 12.6 Å². The highest BCUT2D eigenvalue weighted by Crippen LogP contribution is 2.15. The minimum absolute atomic E-state index is 0.0192. The number of likely N-dealkylation sites (N-methyl/N-ethyl adjacent to an activating group) is 1. The number of aromatic nitrogens is 1. The van der Waals surface area contributed by atoms with Crippen LogP contribution in [-0.4, -0.2) is 47.8 Å². The molecule has 18 heavy (non-hydrogen) atoms. The average molecular weight is 251 g/mol. The summed E-state index contributed by atoms with van der Waals surface area (Å²) in [5, 5.41) is 12.9. The van der Waals surface area contributed by atoms with Crippen LogP contribution in [0.4, 0.5) is 0 Å². The van der Waals surface area contributed by atoms with Crippen molar-refractivity contribution >= 4 is 0 Å². The molecule has 102 valence electrons. The van der Waals surface area contributed by atoms with Crippen LogP contribution in [0.15, 0.2) is 18.5 Å². The van der Waals surface area contributed by atoms with Crippen molar-refractivity contribution in [2.75, 3.05) is 32.8 Å². The van der Waals surface area contributed by atoms with Gasteiger partial charge in [-0.25, -0.2) is 0 Å². The van der Waals surface area contributed by atoms with Crippen LogP contribution in [0.5, 0.6) is 0 Å². The molecule has 1 rings (SSSR count). The van der Waals surface area contributed by atoms with Gasteiger partial charge in [0.25, 0.3) is 0 Å². The van der Waals surface area contributed by atoms with Crippen molar-refractivity contribution in [2.45, 2.75) is 26.8 Å². The van der Waals surface area contributed by atoms with E-state index in [1.54, 1.807) is 6.20 Å². The van der Waals surface area contributed by atoms with Crippen molar-refractivity contribution < 1.29 is 5.11 Å². The van der Waals surface area contributed by atoms with Crippen molar-refractivity contribution in [3.05, 3.63) is 29.6 Å².